The molecule has 2 aromatic rings. The molecule has 1 aliphatic heterocycles. The predicted molar refractivity (Wildman–Crippen MR) is 88.5 cm³/mol. The summed E-state index contributed by atoms with van der Waals surface area (Å²) >= 11 is 6.31. The molecule has 1 heterocycles. The first kappa shape index (κ1) is 15.2. The molecule has 3 nitrogen and oxygen atoms in total. The Bertz CT molecular complexity index is 864. The summed E-state index contributed by atoms with van der Waals surface area (Å²) < 4.78 is 14.3. The number of hydrogen-bond acceptors (Lipinski definition) is 3. The average Bonchev–Trinajstić information content (AvgIpc) is 3.05. The number of anilines is 1. The van der Waals surface area contributed by atoms with E-state index in [4.69, 9.17) is 11.6 Å². The summed E-state index contributed by atoms with van der Waals surface area (Å²) in [5.74, 6) is -1.60. The van der Waals surface area contributed by atoms with Gasteiger partial charge in [0.05, 0.1) is 22.7 Å². The SMILES string of the molecule is O=C([O-])c1ccc(Cl)c2c1[C@H]1C=CC[C@H]1[C@@H](c1ccccc1F)N2. The van der Waals surface area contributed by atoms with Gasteiger partial charge in [0.25, 0.3) is 0 Å². The van der Waals surface area contributed by atoms with Crippen molar-refractivity contribution >= 4 is 23.3 Å². The van der Waals surface area contributed by atoms with E-state index >= 15 is 0 Å². The maximum Gasteiger partial charge on any atom is 0.128 e. The third-order valence-corrected chi connectivity index (χ3v) is 5.24. The van der Waals surface area contributed by atoms with Crippen molar-refractivity contribution in [2.45, 2.75) is 18.4 Å². The number of carboxylic acid groups (broad SMARTS) is 1. The van der Waals surface area contributed by atoms with Crippen molar-refractivity contribution in [1.29, 1.82) is 0 Å². The van der Waals surface area contributed by atoms with E-state index < -0.39 is 5.97 Å². The van der Waals surface area contributed by atoms with Gasteiger partial charge in [-0.2, -0.15) is 0 Å². The van der Waals surface area contributed by atoms with Crippen molar-refractivity contribution in [2.75, 3.05) is 5.32 Å². The number of carbonyl (C=O) groups is 1. The second kappa shape index (κ2) is 5.64. The molecule has 0 saturated carbocycles. The molecule has 0 fully saturated rings. The van der Waals surface area contributed by atoms with Crippen LogP contribution in [0, 0.1) is 11.7 Å². The highest BCUT2D eigenvalue weighted by Crippen LogP contribution is 2.52. The van der Waals surface area contributed by atoms with Gasteiger partial charge in [-0.25, -0.2) is 4.39 Å². The van der Waals surface area contributed by atoms with Crippen LogP contribution in [0.2, 0.25) is 5.02 Å². The molecule has 0 spiro atoms. The summed E-state index contributed by atoms with van der Waals surface area (Å²) in [6.45, 7) is 0. The Labute approximate surface area is 143 Å². The van der Waals surface area contributed by atoms with Crippen molar-refractivity contribution in [2.24, 2.45) is 5.92 Å². The average molecular weight is 343 g/mol. The number of allylic oxidation sites excluding steroid dienone is 2. The largest absolute Gasteiger partial charge is 0.545 e. The number of aromatic carboxylic acids is 1. The normalized spacial score (nSPS) is 24.2. The van der Waals surface area contributed by atoms with Crippen molar-refractivity contribution in [3.05, 3.63) is 76.1 Å². The van der Waals surface area contributed by atoms with Crippen molar-refractivity contribution in [3.8, 4) is 0 Å². The van der Waals surface area contributed by atoms with Crippen molar-refractivity contribution in [3.63, 3.8) is 0 Å². The van der Waals surface area contributed by atoms with Crippen LogP contribution in [0.1, 0.15) is 39.9 Å². The number of carboxylic acids is 1. The summed E-state index contributed by atoms with van der Waals surface area (Å²) in [5.41, 5.74) is 1.89. The summed E-state index contributed by atoms with van der Waals surface area (Å²) in [4.78, 5) is 11.5. The van der Waals surface area contributed by atoms with E-state index in [0.717, 1.165) is 6.42 Å². The molecule has 0 unspecified atom stereocenters. The van der Waals surface area contributed by atoms with E-state index in [-0.39, 0.29) is 29.3 Å². The fourth-order valence-electron chi connectivity index (χ4n) is 3.89. The van der Waals surface area contributed by atoms with Crippen LogP contribution in [0.15, 0.2) is 48.6 Å². The summed E-state index contributed by atoms with van der Waals surface area (Å²) in [6.07, 6.45) is 4.75. The lowest BCUT2D eigenvalue weighted by atomic mass is 9.75. The van der Waals surface area contributed by atoms with Crippen LogP contribution in [0.3, 0.4) is 0 Å². The molecular weight excluding hydrogens is 329 g/mol. The molecule has 0 aromatic heterocycles. The van der Waals surface area contributed by atoms with Crippen LogP contribution in [-0.2, 0) is 0 Å². The second-order valence-corrected chi connectivity index (χ2v) is 6.58. The fraction of sp³-hybridized carbons (Fsp3) is 0.211. The molecule has 0 saturated heterocycles. The Morgan fingerprint density at radius 3 is 2.79 bits per heavy atom. The van der Waals surface area contributed by atoms with E-state index in [1.54, 1.807) is 18.2 Å². The van der Waals surface area contributed by atoms with E-state index in [9.17, 15) is 14.3 Å². The molecule has 1 aliphatic carbocycles. The van der Waals surface area contributed by atoms with Gasteiger partial charge in [0.2, 0.25) is 0 Å². The Morgan fingerprint density at radius 1 is 1.25 bits per heavy atom. The highest BCUT2D eigenvalue weighted by atomic mass is 35.5. The molecule has 24 heavy (non-hydrogen) atoms. The summed E-state index contributed by atoms with van der Waals surface area (Å²) in [7, 11) is 0. The first-order chi connectivity index (χ1) is 11.6. The molecule has 4 rings (SSSR count). The zero-order chi connectivity index (χ0) is 16.8. The second-order valence-electron chi connectivity index (χ2n) is 6.17. The molecule has 0 radical (unpaired) electrons. The van der Waals surface area contributed by atoms with Crippen LogP contribution in [0.25, 0.3) is 0 Å². The van der Waals surface area contributed by atoms with Crippen LogP contribution >= 0.6 is 11.6 Å². The number of carbonyl (C=O) groups excluding carboxylic acids is 1. The topological polar surface area (TPSA) is 52.2 Å². The van der Waals surface area contributed by atoms with Gasteiger partial charge in [-0.15, -0.1) is 0 Å². The molecular formula is C19H14ClFNO2-. The Kier molecular flexibility index (Phi) is 3.57. The van der Waals surface area contributed by atoms with Crippen LogP contribution in [-0.4, -0.2) is 5.97 Å². The predicted octanol–water partition coefficient (Wildman–Crippen LogP) is 3.67. The number of benzene rings is 2. The Morgan fingerprint density at radius 2 is 2.04 bits per heavy atom. The number of nitrogens with one attached hydrogen (secondary N) is 1. The minimum atomic E-state index is -1.23. The third kappa shape index (κ3) is 2.21. The van der Waals surface area contributed by atoms with Crippen LogP contribution < -0.4 is 10.4 Å². The molecule has 0 amide bonds. The minimum Gasteiger partial charge on any atom is -0.545 e. The summed E-state index contributed by atoms with van der Waals surface area (Å²) in [5, 5.41) is 15.2. The van der Waals surface area contributed by atoms with E-state index in [2.05, 4.69) is 5.32 Å². The molecule has 3 atom stereocenters. The minimum absolute atomic E-state index is 0.0333. The third-order valence-electron chi connectivity index (χ3n) is 4.93. The number of rotatable bonds is 2. The Balaban J connectivity index is 1.90. The van der Waals surface area contributed by atoms with Crippen molar-refractivity contribution < 1.29 is 14.3 Å². The van der Waals surface area contributed by atoms with Gasteiger partial charge in [0.1, 0.15) is 5.82 Å². The maximum absolute atomic E-state index is 14.3. The Hall–Kier alpha value is -2.33. The summed E-state index contributed by atoms with van der Waals surface area (Å²) in [6, 6.07) is 9.38. The molecule has 5 heteroatoms. The number of fused-ring (bicyclic) bond motifs is 3. The number of halogens is 2. The van der Waals surface area contributed by atoms with Crippen LogP contribution in [0.5, 0.6) is 0 Å². The maximum atomic E-state index is 14.3. The van der Waals surface area contributed by atoms with Gasteiger partial charge in [0.15, 0.2) is 0 Å². The van der Waals surface area contributed by atoms with E-state index in [0.29, 0.717) is 21.8 Å². The van der Waals surface area contributed by atoms with Gasteiger partial charge in [-0.1, -0.05) is 48.0 Å². The lowest BCUT2D eigenvalue weighted by molar-refractivity contribution is -0.255. The van der Waals surface area contributed by atoms with Crippen LogP contribution in [0.4, 0.5) is 10.1 Å². The standard InChI is InChI=1S/C19H15ClFNO2/c20-14-9-8-13(19(23)24)16-10-5-3-6-11(10)17(22-18(14)16)12-4-1-2-7-15(12)21/h1-5,7-11,17,22H,6H2,(H,23,24)/p-1/t10-,11+,17-/m0/s1. The van der Waals surface area contributed by atoms with Gasteiger partial charge in [0, 0.05) is 17.0 Å². The molecule has 2 aromatic carbocycles. The first-order valence-electron chi connectivity index (χ1n) is 7.79. The zero-order valence-corrected chi connectivity index (χ0v) is 13.4. The first-order valence-corrected chi connectivity index (χ1v) is 8.17. The lowest BCUT2D eigenvalue weighted by Gasteiger charge is -2.39. The van der Waals surface area contributed by atoms with Gasteiger partial charge in [-0.3, -0.25) is 0 Å². The fourth-order valence-corrected chi connectivity index (χ4v) is 4.11. The van der Waals surface area contributed by atoms with Gasteiger partial charge in [-0.05, 0) is 30.0 Å². The lowest BCUT2D eigenvalue weighted by Crippen LogP contribution is -2.33. The zero-order valence-electron chi connectivity index (χ0n) is 12.6. The quantitative estimate of drug-likeness (QED) is 0.847. The van der Waals surface area contributed by atoms with E-state index in [1.165, 1.54) is 18.2 Å². The highest BCUT2D eigenvalue weighted by molar-refractivity contribution is 6.33. The van der Waals surface area contributed by atoms with Crippen molar-refractivity contribution in [1.82, 2.24) is 0 Å². The number of hydrogen-bond donors (Lipinski definition) is 1. The molecule has 1 N–H and O–H groups in total. The smallest absolute Gasteiger partial charge is 0.128 e. The molecule has 122 valence electrons. The molecule has 0 bridgehead atoms. The van der Waals surface area contributed by atoms with Gasteiger partial charge < -0.3 is 15.2 Å². The van der Waals surface area contributed by atoms with E-state index in [1.807, 2.05) is 12.2 Å². The monoisotopic (exact) mass is 342 g/mol. The van der Waals surface area contributed by atoms with Gasteiger partial charge >= 0.3 is 0 Å². The molecule has 2 aliphatic rings. The highest BCUT2D eigenvalue weighted by Gasteiger charge is 2.40.